The predicted octanol–water partition coefficient (Wildman–Crippen LogP) is 1.78. The number of aliphatic hydroxyl groups is 1. The molecule has 0 saturated carbocycles. The number of imidazole rings is 1. The number of carbonyl (C=O) groups excluding carboxylic acids is 1. The van der Waals surface area contributed by atoms with Crippen molar-refractivity contribution >= 4 is 17.4 Å². The first-order valence-corrected chi connectivity index (χ1v) is 8.71. The third-order valence-electron chi connectivity index (χ3n) is 4.64. The number of aryl methyl sites for hydroxylation is 1. The third-order valence-corrected chi connectivity index (χ3v) is 4.64. The van der Waals surface area contributed by atoms with Gasteiger partial charge in [-0.15, -0.1) is 5.10 Å². The number of amides is 1. The molecule has 1 aromatic carbocycles. The molecule has 2 aromatic heterocycles. The fourth-order valence-electron chi connectivity index (χ4n) is 3.32. The number of anilines is 1. The minimum Gasteiger partial charge on any atom is -0.378 e. The summed E-state index contributed by atoms with van der Waals surface area (Å²) in [4.78, 5) is 18.6. The summed E-state index contributed by atoms with van der Waals surface area (Å²) >= 11 is 0. The molecule has 1 aliphatic heterocycles. The van der Waals surface area contributed by atoms with Gasteiger partial charge in [-0.2, -0.15) is 0 Å². The van der Waals surface area contributed by atoms with Crippen molar-refractivity contribution in [3.63, 3.8) is 0 Å². The molecule has 134 valence electrons. The zero-order valence-electron chi connectivity index (χ0n) is 14.5. The van der Waals surface area contributed by atoms with Gasteiger partial charge in [-0.3, -0.25) is 4.79 Å². The summed E-state index contributed by atoms with van der Waals surface area (Å²) in [7, 11) is 0. The number of hydrogen-bond donors (Lipinski definition) is 2. The fourth-order valence-corrected chi connectivity index (χ4v) is 3.32. The van der Waals surface area contributed by atoms with E-state index in [9.17, 15) is 9.90 Å². The lowest BCUT2D eigenvalue weighted by Gasteiger charge is -2.20. The Morgan fingerprint density at radius 1 is 1.27 bits per heavy atom. The zero-order chi connectivity index (χ0) is 18.1. The Morgan fingerprint density at radius 3 is 2.88 bits per heavy atom. The second-order valence-corrected chi connectivity index (χ2v) is 6.63. The zero-order valence-corrected chi connectivity index (χ0v) is 14.5. The third kappa shape index (κ3) is 3.25. The van der Waals surface area contributed by atoms with Crippen LogP contribution in [0.15, 0.2) is 48.7 Å². The van der Waals surface area contributed by atoms with Crippen molar-refractivity contribution in [1.29, 1.82) is 0 Å². The van der Waals surface area contributed by atoms with Crippen molar-refractivity contribution in [2.24, 2.45) is 0 Å². The van der Waals surface area contributed by atoms with Crippen LogP contribution in [0.1, 0.15) is 23.8 Å². The molecule has 2 N–H and O–H groups in total. The molecule has 3 aromatic rings. The lowest BCUT2D eigenvalue weighted by Crippen LogP contribution is -2.35. The number of aliphatic hydroxyl groups excluding tert-OH is 1. The number of hydrogen-bond acceptors (Lipinski definition) is 5. The molecule has 4 rings (SSSR count). The van der Waals surface area contributed by atoms with Gasteiger partial charge in [-0.05, 0) is 31.0 Å². The van der Waals surface area contributed by atoms with Gasteiger partial charge >= 0.3 is 0 Å². The van der Waals surface area contributed by atoms with Crippen molar-refractivity contribution in [2.75, 3.05) is 18.4 Å². The molecule has 1 amide bonds. The van der Waals surface area contributed by atoms with Crippen LogP contribution < -0.4 is 5.32 Å². The molecule has 1 saturated heterocycles. The normalized spacial score (nSPS) is 18.2. The molecule has 0 radical (unpaired) electrons. The first kappa shape index (κ1) is 16.5. The Hall–Kier alpha value is -2.93. The monoisotopic (exact) mass is 351 g/mol. The van der Waals surface area contributed by atoms with Crippen LogP contribution in [0.2, 0.25) is 0 Å². The Kier molecular flexibility index (Phi) is 4.30. The molecular weight excluding hydrogens is 330 g/mol. The standard InChI is InChI=1S/C19H21N5O2/c1-13-11-24-17(20-13)8-7-16(22-24)21-15-9-10-23(12-15)19(26)18(25)14-5-3-2-4-6-14/h2-8,11,15,18,25H,9-10,12H2,1H3,(H,21,22). The van der Waals surface area contributed by atoms with Gasteiger partial charge in [-0.25, -0.2) is 9.50 Å². The molecule has 0 aliphatic carbocycles. The minimum atomic E-state index is -1.11. The van der Waals surface area contributed by atoms with E-state index in [1.165, 1.54) is 0 Å². The number of rotatable bonds is 4. The quantitative estimate of drug-likeness (QED) is 0.749. The van der Waals surface area contributed by atoms with E-state index in [4.69, 9.17) is 0 Å². The van der Waals surface area contributed by atoms with Crippen molar-refractivity contribution < 1.29 is 9.90 Å². The number of fused-ring (bicyclic) bond motifs is 1. The molecular formula is C19H21N5O2. The predicted molar refractivity (Wildman–Crippen MR) is 97.7 cm³/mol. The lowest BCUT2D eigenvalue weighted by atomic mass is 10.1. The highest BCUT2D eigenvalue weighted by atomic mass is 16.3. The smallest absolute Gasteiger partial charge is 0.256 e. The van der Waals surface area contributed by atoms with Gasteiger partial charge in [0.15, 0.2) is 11.8 Å². The van der Waals surface area contributed by atoms with Crippen LogP contribution in [0.4, 0.5) is 5.82 Å². The van der Waals surface area contributed by atoms with Gasteiger partial charge in [-0.1, -0.05) is 30.3 Å². The van der Waals surface area contributed by atoms with E-state index in [1.807, 2.05) is 43.5 Å². The minimum absolute atomic E-state index is 0.108. The highest BCUT2D eigenvalue weighted by Gasteiger charge is 2.30. The van der Waals surface area contributed by atoms with E-state index in [2.05, 4.69) is 15.4 Å². The van der Waals surface area contributed by atoms with Crippen LogP contribution >= 0.6 is 0 Å². The van der Waals surface area contributed by atoms with E-state index < -0.39 is 6.10 Å². The number of aromatic nitrogens is 3. The molecule has 7 heteroatoms. The van der Waals surface area contributed by atoms with E-state index in [0.717, 1.165) is 23.6 Å². The van der Waals surface area contributed by atoms with Gasteiger partial charge in [0, 0.05) is 19.1 Å². The van der Waals surface area contributed by atoms with E-state index in [0.29, 0.717) is 18.7 Å². The summed E-state index contributed by atoms with van der Waals surface area (Å²) in [5.41, 5.74) is 2.35. The number of carbonyl (C=O) groups is 1. The van der Waals surface area contributed by atoms with Gasteiger partial charge in [0.2, 0.25) is 0 Å². The summed E-state index contributed by atoms with van der Waals surface area (Å²) in [5, 5.41) is 18.2. The maximum Gasteiger partial charge on any atom is 0.256 e. The van der Waals surface area contributed by atoms with Crippen molar-refractivity contribution in [3.05, 3.63) is 59.9 Å². The van der Waals surface area contributed by atoms with Crippen LogP contribution in [0, 0.1) is 6.92 Å². The number of nitrogens with one attached hydrogen (secondary N) is 1. The van der Waals surface area contributed by atoms with Crippen LogP contribution in [0.5, 0.6) is 0 Å². The largest absolute Gasteiger partial charge is 0.378 e. The van der Waals surface area contributed by atoms with Gasteiger partial charge in [0.25, 0.3) is 5.91 Å². The number of benzene rings is 1. The lowest BCUT2D eigenvalue weighted by molar-refractivity contribution is -0.139. The van der Waals surface area contributed by atoms with E-state index in [1.54, 1.807) is 21.5 Å². The van der Waals surface area contributed by atoms with Crippen LogP contribution in [0.25, 0.3) is 5.65 Å². The Morgan fingerprint density at radius 2 is 2.08 bits per heavy atom. The van der Waals surface area contributed by atoms with Crippen LogP contribution in [0.3, 0.4) is 0 Å². The van der Waals surface area contributed by atoms with Crippen molar-refractivity contribution in [2.45, 2.75) is 25.5 Å². The number of likely N-dealkylation sites (tertiary alicyclic amines) is 1. The fraction of sp³-hybridized carbons (Fsp3) is 0.316. The topological polar surface area (TPSA) is 82.8 Å². The van der Waals surface area contributed by atoms with Crippen LogP contribution in [-0.4, -0.2) is 49.6 Å². The summed E-state index contributed by atoms with van der Waals surface area (Å²) in [6, 6.07) is 12.9. The molecule has 0 spiro atoms. The second-order valence-electron chi connectivity index (χ2n) is 6.63. The second kappa shape index (κ2) is 6.76. The molecule has 1 fully saturated rings. The maximum atomic E-state index is 12.5. The molecule has 2 unspecified atom stereocenters. The Balaban J connectivity index is 1.40. The van der Waals surface area contributed by atoms with Crippen molar-refractivity contribution in [3.8, 4) is 0 Å². The Bertz CT molecular complexity index is 924. The van der Waals surface area contributed by atoms with Gasteiger partial charge in [0.1, 0.15) is 5.82 Å². The summed E-state index contributed by atoms with van der Waals surface area (Å²) in [6.45, 7) is 3.10. The first-order chi connectivity index (χ1) is 12.6. The Labute approximate surface area is 151 Å². The molecule has 26 heavy (non-hydrogen) atoms. The molecule has 2 atom stereocenters. The average molecular weight is 351 g/mol. The van der Waals surface area contributed by atoms with Crippen molar-refractivity contribution in [1.82, 2.24) is 19.5 Å². The van der Waals surface area contributed by atoms with Crippen LogP contribution in [-0.2, 0) is 4.79 Å². The SMILES string of the molecule is Cc1cn2nc(NC3CCN(C(=O)C(O)c4ccccc4)C3)ccc2n1. The highest BCUT2D eigenvalue weighted by molar-refractivity contribution is 5.82. The highest BCUT2D eigenvalue weighted by Crippen LogP contribution is 2.21. The summed E-state index contributed by atoms with van der Waals surface area (Å²) in [6.07, 6.45) is 1.58. The van der Waals surface area contributed by atoms with Gasteiger partial charge in [0.05, 0.1) is 11.9 Å². The van der Waals surface area contributed by atoms with Gasteiger partial charge < -0.3 is 15.3 Å². The molecule has 7 nitrogen and oxygen atoms in total. The molecule has 3 heterocycles. The first-order valence-electron chi connectivity index (χ1n) is 8.71. The van der Waals surface area contributed by atoms with E-state index in [-0.39, 0.29) is 11.9 Å². The number of nitrogens with zero attached hydrogens (tertiary/aromatic N) is 4. The average Bonchev–Trinajstić information content (AvgIpc) is 3.26. The summed E-state index contributed by atoms with van der Waals surface area (Å²) < 4.78 is 1.74. The summed E-state index contributed by atoms with van der Waals surface area (Å²) in [5.74, 6) is 0.493. The molecule has 0 bridgehead atoms. The molecule has 1 aliphatic rings. The maximum absolute atomic E-state index is 12.5. The van der Waals surface area contributed by atoms with E-state index >= 15 is 0 Å².